The maximum Gasteiger partial charge on any atom is 0.271 e. The topological polar surface area (TPSA) is 89.6 Å². The molecule has 1 aliphatic carbocycles. The highest BCUT2D eigenvalue weighted by Gasteiger charge is 2.29. The van der Waals surface area contributed by atoms with Crippen LogP contribution in [-0.2, 0) is 6.61 Å². The molecule has 7 nitrogen and oxygen atoms in total. The molecule has 0 spiro atoms. The fourth-order valence-corrected chi connectivity index (χ4v) is 5.00. The van der Waals surface area contributed by atoms with Gasteiger partial charge >= 0.3 is 0 Å². The van der Waals surface area contributed by atoms with E-state index in [1.54, 1.807) is 36.8 Å². The molecule has 2 amide bonds. The summed E-state index contributed by atoms with van der Waals surface area (Å²) in [6, 6.07) is 14.8. The van der Waals surface area contributed by atoms with Crippen molar-refractivity contribution in [2.75, 3.05) is 7.11 Å². The Kier molecular flexibility index (Phi) is 8.59. The van der Waals surface area contributed by atoms with Gasteiger partial charge in [0, 0.05) is 23.0 Å². The number of carbonyl (C=O) groups excluding carboxylic acids is 2. The molecule has 36 heavy (non-hydrogen) atoms. The van der Waals surface area contributed by atoms with Crippen molar-refractivity contribution in [3.63, 3.8) is 0 Å². The zero-order valence-corrected chi connectivity index (χ0v) is 21.8. The molecule has 2 N–H and O–H groups in total. The molecular formula is C28H33N3O4S. The number of thiazole rings is 1. The Morgan fingerprint density at radius 1 is 1.00 bits per heavy atom. The molecule has 0 unspecified atom stereocenters. The molecule has 2 atom stereocenters. The van der Waals surface area contributed by atoms with Crippen molar-refractivity contribution in [3.05, 3.63) is 75.7 Å². The van der Waals surface area contributed by atoms with E-state index in [-0.39, 0.29) is 23.9 Å². The molecule has 2 aromatic carbocycles. The van der Waals surface area contributed by atoms with Crippen molar-refractivity contribution in [2.24, 2.45) is 0 Å². The number of benzene rings is 2. The SMILES string of the molecule is COc1cccc(C(=O)N[C@H]2CCCC[C@@H]2NC(=O)c2csc(COc3ccc(C(C)C)cc3)n2)c1. The highest BCUT2D eigenvalue weighted by molar-refractivity contribution is 7.09. The van der Waals surface area contributed by atoms with Crippen molar-refractivity contribution in [3.8, 4) is 11.5 Å². The zero-order chi connectivity index (χ0) is 25.5. The van der Waals surface area contributed by atoms with Gasteiger partial charge in [-0.2, -0.15) is 0 Å². The number of hydrogen-bond donors (Lipinski definition) is 2. The first kappa shape index (κ1) is 25.7. The molecule has 1 heterocycles. The van der Waals surface area contributed by atoms with Crippen LogP contribution in [0.3, 0.4) is 0 Å². The Bertz CT molecular complexity index is 1180. The lowest BCUT2D eigenvalue weighted by Crippen LogP contribution is -2.53. The standard InChI is InChI=1S/C28H33N3O4S/c1-18(2)19-11-13-21(14-12-19)35-16-26-29-25(17-36-26)28(33)31-24-10-5-4-9-23(24)30-27(32)20-7-6-8-22(15-20)34-3/h6-8,11-15,17-18,23-24H,4-5,9-10,16H2,1-3H3,(H,30,32)(H,31,33)/t23-,24-/m0/s1. The van der Waals surface area contributed by atoms with E-state index < -0.39 is 0 Å². The lowest BCUT2D eigenvalue weighted by molar-refractivity contribution is 0.0860. The summed E-state index contributed by atoms with van der Waals surface area (Å²) in [5.41, 5.74) is 2.17. The van der Waals surface area contributed by atoms with Crippen LogP contribution in [0.4, 0.5) is 0 Å². The molecule has 1 aliphatic rings. The Hall–Kier alpha value is -3.39. The number of methoxy groups -OCH3 is 1. The number of aromatic nitrogens is 1. The third-order valence-electron chi connectivity index (χ3n) is 6.42. The van der Waals surface area contributed by atoms with Gasteiger partial charge in [-0.1, -0.05) is 44.9 Å². The van der Waals surface area contributed by atoms with Gasteiger partial charge in [0.25, 0.3) is 11.8 Å². The number of ether oxygens (including phenoxy) is 2. The van der Waals surface area contributed by atoms with E-state index in [4.69, 9.17) is 9.47 Å². The van der Waals surface area contributed by atoms with Crippen LogP contribution in [0.5, 0.6) is 11.5 Å². The average Bonchev–Trinajstić information content (AvgIpc) is 3.38. The summed E-state index contributed by atoms with van der Waals surface area (Å²) in [6.07, 6.45) is 3.63. The number of nitrogens with zero attached hydrogens (tertiary/aromatic N) is 1. The number of amides is 2. The maximum absolute atomic E-state index is 12.9. The highest BCUT2D eigenvalue weighted by atomic mass is 32.1. The normalized spacial score (nSPS) is 17.4. The first-order chi connectivity index (χ1) is 17.4. The van der Waals surface area contributed by atoms with Gasteiger partial charge in [0.1, 0.15) is 28.8 Å². The molecule has 1 fully saturated rings. The second kappa shape index (κ2) is 12.0. The summed E-state index contributed by atoms with van der Waals surface area (Å²) < 4.78 is 11.1. The van der Waals surface area contributed by atoms with Gasteiger partial charge < -0.3 is 20.1 Å². The summed E-state index contributed by atoms with van der Waals surface area (Å²) in [6.45, 7) is 4.62. The van der Waals surface area contributed by atoms with Gasteiger partial charge in [0.2, 0.25) is 0 Å². The first-order valence-electron chi connectivity index (χ1n) is 12.4. The zero-order valence-electron chi connectivity index (χ0n) is 21.0. The van der Waals surface area contributed by atoms with Gasteiger partial charge in [-0.3, -0.25) is 9.59 Å². The second-order valence-corrected chi connectivity index (χ2v) is 10.3. The Labute approximate surface area is 216 Å². The predicted molar refractivity (Wildman–Crippen MR) is 141 cm³/mol. The van der Waals surface area contributed by atoms with Crippen molar-refractivity contribution >= 4 is 23.2 Å². The predicted octanol–water partition coefficient (Wildman–Crippen LogP) is 5.33. The highest BCUT2D eigenvalue weighted by Crippen LogP contribution is 2.22. The van der Waals surface area contributed by atoms with Gasteiger partial charge in [0.05, 0.1) is 7.11 Å². The number of rotatable bonds is 9. The number of hydrogen-bond acceptors (Lipinski definition) is 6. The number of carbonyl (C=O) groups is 2. The monoisotopic (exact) mass is 507 g/mol. The average molecular weight is 508 g/mol. The number of nitrogens with one attached hydrogen (secondary N) is 2. The third kappa shape index (κ3) is 6.63. The van der Waals surface area contributed by atoms with Crippen LogP contribution in [0.2, 0.25) is 0 Å². The van der Waals surface area contributed by atoms with E-state index in [9.17, 15) is 9.59 Å². The van der Waals surface area contributed by atoms with Crippen LogP contribution in [-0.4, -0.2) is 36.0 Å². The summed E-state index contributed by atoms with van der Waals surface area (Å²) in [7, 11) is 1.57. The summed E-state index contributed by atoms with van der Waals surface area (Å²) in [5.74, 6) is 1.48. The summed E-state index contributed by atoms with van der Waals surface area (Å²) in [4.78, 5) is 30.2. The van der Waals surface area contributed by atoms with Crippen LogP contribution in [0.25, 0.3) is 0 Å². The van der Waals surface area contributed by atoms with Crippen molar-refractivity contribution in [1.82, 2.24) is 15.6 Å². The van der Waals surface area contributed by atoms with Crippen molar-refractivity contribution < 1.29 is 19.1 Å². The molecule has 1 aromatic heterocycles. The Morgan fingerprint density at radius 3 is 2.36 bits per heavy atom. The van der Waals surface area contributed by atoms with E-state index >= 15 is 0 Å². The largest absolute Gasteiger partial charge is 0.497 e. The smallest absolute Gasteiger partial charge is 0.271 e. The first-order valence-corrected chi connectivity index (χ1v) is 13.2. The molecular weight excluding hydrogens is 474 g/mol. The molecule has 0 radical (unpaired) electrons. The van der Waals surface area contributed by atoms with Gasteiger partial charge in [0.15, 0.2) is 0 Å². The van der Waals surface area contributed by atoms with Crippen molar-refractivity contribution in [2.45, 2.75) is 64.1 Å². The molecule has 190 valence electrons. The minimum Gasteiger partial charge on any atom is -0.497 e. The fraction of sp³-hybridized carbons (Fsp3) is 0.393. The van der Waals surface area contributed by atoms with E-state index in [1.807, 2.05) is 12.1 Å². The fourth-order valence-electron chi connectivity index (χ4n) is 4.31. The van der Waals surface area contributed by atoms with Crippen LogP contribution in [0.15, 0.2) is 53.9 Å². The minimum atomic E-state index is -0.230. The van der Waals surface area contributed by atoms with Crippen LogP contribution in [0.1, 0.15) is 76.9 Å². The Balaban J connectivity index is 1.33. The third-order valence-corrected chi connectivity index (χ3v) is 7.25. The lowest BCUT2D eigenvalue weighted by atomic mass is 9.90. The van der Waals surface area contributed by atoms with Gasteiger partial charge in [-0.25, -0.2) is 4.98 Å². The van der Waals surface area contributed by atoms with Crippen LogP contribution >= 0.6 is 11.3 Å². The summed E-state index contributed by atoms with van der Waals surface area (Å²) >= 11 is 1.40. The molecule has 0 aliphatic heterocycles. The van der Waals surface area contributed by atoms with Crippen LogP contribution in [0, 0.1) is 0 Å². The minimum absolute atomic E-state index is 0.142. The molecule has 0 saturated heterocycles. The summed E-state index contributed by atoms with van der Waals surface area (Å²) in [5, 5.41) is 8.68. The van der Waals surface area contributed by atoms with E-state index in [0.29, 0.717) is 29.5 Å². The van der Waals surface area contributed by atoms with E-state index in [0.717, 1.165) is 36.4 Å². The Morgan fingerprint density at radius 2 is 1.69 bits per heavy atom. The maximum atomic E-state index is 12.9. The van der Waals surface area contributed by atoms with Crippen molar-refractivity contribution in [1.29, 1.82) is 0 Å². The molecule has 0 bridgehead atoms. The van der Waals surface area contributed by atoms with E-state index in [1.165, 1.54) is 16.9 Å². The molecule has 1 saturated carbocycles. The second-order valence-electron chi connectivity index (χ2n) is 9.32. The van der Waals surface area contributed by atoms with Gasteiger partial charge in [-0.15, -0.1) is 11.3 Å². The molecule has 8 heteroatoms. The lowest BCUT2D eigenvalue weighted by Gasteiger charge is -2.32. The molecule has 3 aromatic rings. The van der Waals surface area contributed by atoms with E-state index in [2.05, 4.69) is 41.6 Å². The van der Waals surface area contributed by atoms with Gasteiger partial charge in [-0.05, 0) is 54.7 Å². The molecule has 4 rings (SSSR count). The quantitative estimate of drug-likeness (QED) is 0.409. The van der Waals surface area contributed by atoms with Crippen LogP contribution < -0.4 is 20.1 Å².